The van der Waals surface area contributed by atoms with E-state index >= 15 is 0 Å². The van der Waals surface area contributed by atoms with Crippen molar-refractivity contribution in [2.24, 2.45) is 5.73 Å². The second kappa shape index (κ2) is 15.9. The minimum absolute atomic E-state index is 0.191. The Morgan fingerprint density at radius 2 is 1.73 bits per heavy atom. The van der Waals surface area contributed by atoms with Crippen LogP contribution in [0.15, 0.2) is 48.5 Å². The number of unbranched alkanes of at least 4 members (excludes halogenated alkanes) is 5. The summed E-state index contributed by atoms with van der Waals surface area (Å²) in [6.07, 6.45) is 8.32. The van der Waals surface area contributed by atoms with Crippen LogP contribution in [0.3, 0.4) is 0 Å². The van der Waals surface area contributed by atoms with Gasteiger partial charge in [-0.15, -0.1) is 0 Å². The van der Waals surface area contributed by atoms with Crippen LogP contribution < -0.4 is 15.2 Å². The molecule has 2 aromatic rings. The number of hydrogen-bond acceptors (Lipinski definition) is 5. The zero-order valence-corrected chi connectivity index (χ0v) is 21.4. The van der Waals surface area contributed by atoms with Crippen molar-refractivity contribution in [1.29, 1.82) is 0 Å². The van der Waals surface area contributed by atoms with E-state index in [4.69, 9.17) is 15.2 Å². The van der Waals surface area contributed by atoms with Crippen LogP contribution in [0.2, 0.25) is 0 Å². The molecule has 0 radical (unpaired) electrons. The topological polar surface area (TPSA) is 84.6 Å². The SMILES string of the molecule is CCCCCCCC[S+]([O-])C(C)Cc1ccc2c(c1)OCO2.NC(=O)SCc1ccccc1. The van der Waals surface area contributed by atoms with Gasteiger partial charge in [0.05, 0.1) is 0 Å². The van der Waals surface area contributed by atoms with Crippen LogP contribution in [0, 0.1) is 0 Å². The number of benzene rings is 2. The molecule has 3 rings (SSSR count). The molecule has 182 valence electrons. The molecule has 2 N–H and O–H groups in total. The molecule has 2 unspecified atom stereocenters. The maximum Gasteiger partial charge on any atom is 0.276 e. The predicted octanol–water partition coefficient (Wildman–Crippen LogP) is 6.45. The van der Waals surface area contributed by atoms with Crippen molar-refractivity contribution in [3.8, 4) is 11.5 Å². The number of carbonyl (C=O) groups is 1. The van der Waals surface area contributed by atoms with Gasteiger partial charge < -0.3 is 19.8 Å². The number of ether oxygens (including phenoxy) is 2. The third kappa shape index (κ3) is 11.2. The van der Waals surface area contributed by atoms with Crippen molar-refractivity contribution in [2.45, 2.75) is 69.8 Å². The third-order valence-corrected chi connectivity index (χ3v) is 7.85. The number of amides is 1. The molecule has 2 atom stereocenters. The maximum absolute atomic E-state index is 12.3. The van der Waals surface area contributed by atoms with Gasteiger partial charge in [-0.3, -0.25) is 4.79 Å². The summed E-state index contributed by atoms with van der Waals surface area (Å²) in [6, 6.07) is 15.8. The van der Waals surface area contributed by atoms with Crippen LogP contribution in [0.4, 0.5) is 4.79 Å². The number of carbonyl (C=O) groups excluding carboxylic acids is 1. The zero-order valence-electron chi connectivity index (χ0n) is 19.8. The highest BCUT2D eigenvalue weighted by atomic mass is 32.2. The lowest BCUT2D eigenvalue weighted by molar-refractivity contribution is 0.174. The average molecular weight is 492 g/mol. The lowest BCUT2D eigenvalue weighted by Gasteiger charge is -2.18. The van der Waals surface area contributed by atoms with Crippen LogP contribution in [-0.4, -0.2) is 27.6 Å². The summed E-state index contributed by atoms with van der Waals surface area (Å²) >= 11 is 0.380. The molecule has 0 saturated carbocycles. The first-order chi connectivity index (χ1) is 16.0. The van der Waals surface area contributed by atoms with E-state index in [-0.39, 0.29) is 10.5 Å². The van der Waals surface area contributed by atoms with Crippen molar-refractivity contribution in [3.63, 3.8) is 0 Å². The fourth-order valence-corrected chi connectivity index (χ4v) is 5.22. The molecular weight excluding hydrogens is 454 g/mol. The van der Waals surface area contributed by atoms with Gasteiger partial charge in [-0.1, -0.05) is 91.9 Å². The lowest BCUT2D eigenvalue weighted by Crippen LogP contribution is -2.23. The quantitative estimate of drug-likeness (QED) is 0.272. The molecule has 0 saturated heterocycles. The summed E-state index contributed by atoms with van der Waals surface area (Å²) in [6.45, 7) is 4.61. The molecule has 0 fully saturated rings. The van der Waals surface area contributed by atoms with E-state index < -0.39 is 11.2 Å². The monoisotopic (exact) mass is 491 g/mol. The summed E-state index contributed by atoms with van der Waals surface area (Å²) in [5, 5.41) is -0.134. The Hall–Kier alpha value is -1.83. The van der Waals surface area contributed by atoms with E-state index in [1.165, 1.54) is 37.7 Å². The molecule has 1 amide bonds. The summed E-state index contributed by atoms with van der Waals surface area (Å²) in [4.78, 5) is 10.4. The minimum Gasteiger partial charge on any atom is -0.616 e. The van der Waals surface area contributed by atoms with Gasteiger partial charge in [-0.2, -0.15) is 0 Å². The fourth-order valence-electron chi connectivity index (χ4n) is 3.45. The first kappa shape index (κ1) is 27.4. The summed E-state index contributed by atoms with van der Waals surface area (Å²) < 4.78 is 23.0. The Labute approximate surface area is 206 Å². The van der Waals surface area contributed by atoms with Crippen LogP contribution in [-0.2, 0) is 23.3 Å². The lowest BCUT2D eigenvalue weighted by atomic mass is 10.1. The summed E-state index contributed by atoms with van der Waals surface area (Å²) in [7, 11) is 0. The fraction of sp³-hybridized carbons (Fsp3) is 0.500. The van der Waals surface area contributed by atoms with Gasteiger partial charge in [0.1, 0.15) is 11.0 Å². The Morgan fingerprint density at radius 3 is 2.45 bits per heavy atom. The average Bonchev–Trinajstić information content (AvgIpc) is 3.29. The van der Waals surface area contributed by atoms with Crippen molar-refractivity contribution < 1.29 is 18.8 Å². The molecule has 33 heavy (non-hydrogen) atoms. The van der Waals surface area contributed by atoms with Crippen molar-refractivity contribution in [1.82, 2.24) is 0 Å². The number of thioether (sulfide) groups is 1. The van der Waals surface area contributed by atoms with Crippen molar-refractivity contribution >= 4 is 28.2 Å². The third-order valence-electron chi connectivity index (χ3n) is 5.33. The van der Waals surface area contributed by atoms with Gasteiger partial charge in [-0.05, 0) is 43.0 Å². The predicted molar refractivity (Wildman–Crippen MR) is 139 cm³/mol. The van der Waals surface area contributed by atoms with Gasteiger partial charge >= 0.3 is 0 Å². The molecule has 0 aromatic heterocycles. The normalized spacial score (nSPS) is 13.7. The first-order valence-corrected chi connectivity index (χ1v) is 14.1. The van der Waals surface area contributed by atoms with Gasteiger partial charge in [0, 0.05) is 12.2 Å². The van der Waals surface area contributed by atoms with E-state index in [0.717, 1.165) is 47.4 Å². The minimum atomic E-state index is -0.743. The molecule has 1 aliphatic heterocycles. The second-order valence-electron chi connectivity index (χ2n) is 8.15. The van der Waals surface area contributed by atoms with Crippen LogP contribution in [0.5, 0.6) is 11.5 Å². The second-order valence-corrected chi connectivity index (χ2v) is 11.1. The molecule has 2 aromatic carbocycles. The molecule has 0 aliphatic carbocycles. The largest absolute Gasteiger partial charge is 0.616 e. The molecule has 5 nitrogen and oxygen atoms in total. The van der Waals surface area contributed by atoms with E-state index in [1.54, 1.807) is 0 Å². The van der Waals surface area contributed by atoms with Crippen LogP contribution >= 0.6 is 11.8 Å². The molecular formula is C26H37NO4S2. The summed E-state index contributed by atoms with van der Waals surface area (Å²) in [5.41, 5.74) is 7.26. The molecule has 1 aliphatic rings. The molecule has 0 bridgehead atoms. The number of fused-ring (bicyclic) bond motifs is 1. The first-order valence-electron chi connectivity index (χ1n) is 11.7. The van der Waals surface area contributed by atoms with Gasteiger partial charge in [0.15, 0.2) is 11.5 Å². The smallest absolute Gasteiger partial charge is 0.276 e. The van der Waals surface area contributed by atoms with E-state index in [1.807, 2.05) is 48.5 Å². The summed E-state index contributed by atoms with van der Waals surface area (Å²) in [5.74, 6) is 3.12. The number of primary amides is 1. The number of rotatable bonds is 12. The van der Waals surface area contributed by atoms with Gasteiger partial charge in [-0.25, -0.2) is 0 Å². The number of hydrogen-bond donors (Lipinski definition) is 1. The number of nitrogens with two attached hydrogens (primary N) is 1. The molecule has 0 spiro atoms. The van der Waals surface area contributed by atoms with Crippen LogP contribution in [0.25, 0.3) is 0 Å². The highest BCUT2D eigenvalue weighted by Gasteiger charge is 2.19. The Morgan fingerprint density at radius 1 is 1.03 bits per heavy atom. The van der Waals surface area contributed by atoms with Crippen molar-refractivity contribution in [2.75, 3.05) is 12.5 Å². The highest BCUT2D eigenvalue weighted by molar-refractivity contribution is 8.12. The Kier molecular flexibility index (Phi) is 13.2. The van der Waals surface area contributed by atoms with Gasteiger partial charge in [0.25, 0.3) is 5.24 Å². The standard InChI is InChI=1S/C18H28O3S.C8H9NOS/c1-3-4-5-6-7-8-11-22(19)15(2)12-16-9-10-17-18(13-16)21-14-20-17;9-8(10)11-6-7-4-2-1-3-5-7/h9-10,13,15H,3-8,11-12,14H2,1-2H3;1-5H,6H2,(H2,9,10). The van der Waals surface area contributed by atoms with E-state index in [2.05, 4.69) is 13.8 Å². The van der Waals surface area contributed by atoms with Crippen molar-refractivity contribution in [3.05, 3.63) is 59.7 Å². The Balaban J connectivity index is 0.000000294. The van der Waals surface area contributed by atoms with Crippen LogP contribution in [0.1, 0.15) is 63.5 Å². The van der Waals surface area contributed by atoms with Gasteiger partial charge in [0.2, 0.25) is 6.79 Å². The Bertz CT molecular complexity index is 819. The maximum atomic E-state index is 12.3. The van der Waals surface area contributed by atoms with E-state index in [9.17, 15) is 9.35 Å². The zero-order chi connectivity index (χ0) is 23.9. The van der Waals surface area contributed by atoms with E-state index in [0.29, 0.717) is 12.5 Å². The molecule has 1 heterocycles. The highest BCUT2D eigenvalue weighted by Crippen LogP contribution is 2.33. The molecule has 7 heteroatoms.